The van der Waals surface area contributed by atoms with Crippen LogP contribution in [0, 0.1) is 17.2 Å². The Morgan fingerprint density at radius 2 is 2.15 bits per heavy atom. The number of rotatable bonds is 6. The molecule has 0 aromatic carbocycles. The molecule has 0 fully saturated rings. The minimum absolute atomic E-state index is 0.165. The Bertz CT molecular complexity index is 661. The summed E-state index contributed by atoms with van der Waals surface area (Å²) in [6.07, 6.45) is 7.77. The van der Waals surface area contributed by atoms with Crippen molar-refractivity contribution in [2.24, 2.45) is 10.9 Å². The summed E-state index contributed by atoms with van der Waals surface area (Å²) < 4.78 is 11.0. The maximum Gasteiger partial charge on any atom is 0.410 e. The van der Waals surface area contributed by atoms with Crippen LogP contribution < -0.4 is 0 Å². The summed E-state index contributed by atoms with van der Waals surface area (Å²) in [4.78, 5) is 17.7. The lowest BCUT2D eigenvalue weighted by molar-refractivity contribution is 0.0288. The second kappa shape index (κ2) is 9.81. The zero-order chi connectivity index (χ0) is 19.7. The van der Waals surface area contributed by atoms with Crippen LogP contribution in [0.5, 0.6) is 0 Å². The zero-order valence-corrected chi connectivity index (χ0v) is 16.6. The number of carbonyl (C=O) groups is 1. The third-order valence-corrected chi connectivity index (χ3v) is 3.53. The third-order valence-electron chi connectivity index (χ3n) is 3.53. The standard InChI is InChI=1S/C20H29N3O3/c1-15-8-10-17(14-21)22-18(15)11-9-16(2)25-13-7-12-23(6)19(24)26-20(3,4)5/h8-11,15H,7,12-13H2,1-6H3/b16-9+,18-11+/t15-/m1/s1. The predicted molar refractivity (Wildman–Crippen MR) is 103 cm³/mol. The average molecular weight is 359 g/mol. The first-order valence-corrected chi connectivity index (χ1v) is 8.75. The number of ether oxygens (including phenoxy) is 2. The van der Waals surface area contributed by atoms with E-state index in [-0.39, 0.29) is 12.0 Å². The van der Waals surface area contributed by atoms with Crippen LogP contribution in [-0.4, -0.2) is 42.5 Å². The Balaban J connectivity index is 2.41. The summed E-state index contributed by atoms with van der Waals surface area (Å²) in [6, 6.07) is 2.05. The topological polar surface area (TPSA) is 74.9 Å². The molecule has 1 aliphatic rings. The Labute approximate surface area is 156 Å². The third kappa shape index (κ3) is 8.02. The van der Waals surface area contributed by atoms with Gasteiger partial charge in [0, 0.05) is 25.2 Å². The van der Waals surface area contributed by atoms with Crippen LogP contribution in [0.15, 0.2) is 40.8 Å². The molecular weight excluding hydrogens is 330 g/mol. The number of allylic oxidation sites excluding steroid dienone is 5. The molecule has 0 aromatic heterocycles. The summed E-state index contributed by atoms with van der Waals surface area (Å²) in [5, 5.41) is 8.93. The second-order valence-electron chi connectivity index (χ2n) is 7.23. The van der Waals surface area contributed by atoms with Gasteiger partial charge >= 0.3 is 6.09 Å². The molecule has 0 spiro atoms. The number of amides is 1. The molecular formula is C20H29N3O3. The number of hydrogen-bond acceptors (Lipinski definition) is 5. The molecule has 1 heterocycles. The first kappa shape index (κ1) is 21.5. The highest BCUT2D eigenvalue weighted by Gasteiger charge is 2.19. The van der Waals surface area contributed by atoms with E-state index in [0.29, 0.717) is 25.3 Å². The number of nitriles is 1. The Morgan fingerprint density at radius 1 is 1.46 bits per heavy atom. The molecule has 0 unspecified atom stereocenters. The van der Waals surface area contributed by atoms with Gasteiger partial charge < -0.3 is 14.4 Å². The van der Waals surface area contributed by atoms with Gasteiger partial charge in [0.1, 0.15) is 17.4 Å². The Kier molecular flexibility index (Phi) is 8.11. The van der Waals surface area contributed by atoms with Crippen molar-refractivity contribution in [3.05, 3.63) is 35.8 Å². The maximum atomic E-state index is 11.8. The first-order chi connectivity index (χ1) is 12.1. The van der Waals surface area contributed by atoms with Gasteiger partial charge in [0.25, 0.3) is 0 Å². The molecule has 0 N–H and O–H groups in total. The summed E-state index contributed by atoms with van der Waals surface area (Å²) in [7, 11) is 1.71. The van der Waals surface area contributed by atoms with Crippen molar-refractivity contribution in [1.82, 2.24) is 4.90 Å². The maximum absolute atomic E-state index is 11.8. The van der Waals surface area contributed by atoms with Crippen LogP contribution in [0.1, 0.15) is 41.0 Å². The molecule has 6 nitrogen and oxygen atoms in total. The van der Waals surface area contributed by atoms with Crippen molar-refractivity contribution in [3.63, 3.8) is 0 Å². The van der Waals surface area contributed by atoms with E-state index in [9.17, 15) is 4.79 Å². The minimum Gasteiger partial charge on any atom is -0.498 e. The highest BCUT2D eigenvalue weighted by molar-refractivity contribution is 6.08. The number of aliphatic imine (C=N–C) groups is 1. The van der Waals surface area contributed by atoms with Gasteiger partial charge in [0.2, 0.25) is 0 Å². The number of dihydropyridines is 1. The van der Waals surface area contributed by atoms with Crippen molar-refractivity contribution in [1.29, 1.82) is 5.26 Å². The zero-order valence-electron chi connectivity index (χ0n) is 16.6. The van der Waals surface area contributed by atoms with Crippen molar-refractivity contribution < 1.29 is 14.3 Å². The fourth-order valence-corrected chi connectivity index (χ4v) is 2.08. The first-order valence-electron chi connectivity index (χ1n) is 8.75. The molecule has 1 amide bonds. The van der Waals surface area contributed by atoms with Gasteiger partial charge in [-0.25, -0.2) is 9.79 Å². The van der Waals surface area contributed by atoms with E-state index in [0.717, 1.165) is 11.5 Å². The lowest BCUT2D eigenvalue weighted by Crippen LogP contribution is -2.35. The molecule has 1 rings (SSSR count). The SMILES string of the molecule is C/C(=C\C=C1\N=C(C#N)C=C[C@H]1C)OCCCN(C)C(=O)OC(C)(C)C. The van der Waals surface area contributed by atoms with Gasteiger partial charge in [-0.05, 0) is 52.3 Å². The van der Waals surface area contributed by atoms with Gasteiger partial charge in [-0.1, -0.05) is 13.0 Å². The molecule has 0 saturated carbocycles. The van der Waals surface area contributed by atoms with Crippen LogP contribution >= 0.6 is 0 Å². The van der Waals surface area contributed by atoms with Gasteiger partial charge in [0.05, 0.1) is 12.4 Å². The molecule has 0 saturated heterocycles. The van der Waals surface area contributed by atoms with Crippen molar-refractivity contribution in [2.45, 2.75) is 46.6 Å². The lowest BCUT2D eigenvalue weighted by atomic mass is 10.0. The van der Waals surface area contributed by atoms with E-state index in [1.807, 2.05) is 58.9 Å². The highest BCUT2D eigenvalue weighted by Crippen LogP contribution is 2.19. The fourth-order valence-electron chi connectivity index (χ4n) is 2.08. The predicted octanol–water partition coefficient (Wildman–Crippen LogP) is 4.22. The number of nitrogens with zero attached hydrogens (tertiary/aromatic N) is 3. The van der Waals surface area contributed by atoms with Crippen molar-refractivity contribution in [3.8, 4) is 6.07 Å². The molecule has 1 aliphatic heterocycles. The minimum atomic E-state index is -0.492. The van der Waals surface area contributed by atoms with Gasteiger partial charge in [-0.15, -0.1) is 0 Å². The second-order valence-corrected chi connectivity index (χ2v) is 7.23. The molecule has 142 valence electrons. The molecule has 0 aromatic rings. The molecule has 0 bridgehead atoms. The average Bonchev–Trinajstić information content (AvgIpc) is 2.56. The number of carbonyl (C=O) groups excluding carboxylic acids is 1. The van der Waals surface area contributed by atoms with Crippen LogP contribution in [0.3, 0.4) is 0 Å². The summed E-state index contributed by atoms with van der Waals surface area (Å²) in [5.74, 6) is 0.923. The number of hydrogen-bond donors (Lipinski definition) is 0. The molecule has 6 heteroatoms. The summed E-state index contributed by atoms with van der Waals surface area (Å²) in [6.45, 7) is 10.5. The van der Waals surface area contributed by atoms with E-state index >= 15 is 0 Å². The van der Waals surface area contributed by atoms with Crippen molar-refractivity contribution >= 4 is 11.8 Å². The highest BCUT2D eigenvalue weighted by atomic mass is 16.6. The van der Waals surface area contributed by atoms with E-state index in [4.69, 9.17) is 14.7 Å². The molecule has 1 atom stereocenters. The van der Waals surface area contributed by atoms with E-state index in [2.05, 4.69) is 4.99 Å². The van der Waals surface area contributed by atoms with Crippen LogP contribution in [0.4, 0.5) is 4.79 Å². The summed E-state index contributed by atoms with van der Waals surface area (Å²) >= 11 is 0. The quantitative estimate of drug-likeness (QED) is 0.526. The monoisotopic (exact) mass is 359 g/mol. The van der Waals surface area contributed by atoms with Gasteiger partial charge in [-0.2, -0.15) is 5.26 Å². The molecule has 26 heavy (non-hydrogen) atoms. The summed E-state index contributed by atoms with van der Waals surface area (Å²) in [5.41, 5.74) is 0.747. The van der Waals surface area contributed by atoms with E-state index in [1.165, 1.54) is 0 Å². The lowest BCUT2D eigenvalue weighted by Gasteiger charge is -2.24. The van der Waals surface area contributed by atoms with Crippen LogP contribution in [0.2, 0.25) is 0 Å². The largest absolute Gasteiger partial charge is 0.498 e. The van der Waals surface area contributed by atoms with Gasteiger partial charge in [-0.3, -0.25) is 0 Å². The van der Waals surface area contributed by atoms with Gasteiger partial charge in [0.15, 0.2) is 0 Å². The smallest absolute Gasteiger partial charge is 0.410 e. The molecule has 0 radical (unpaired) electrons. The van der Waals surface area contributed by atoms with Crippen LogP contribution in [0.25, 0.3) is 0 Å². The Morgan fingerprint density at radius 3 is 2.77 bits per heavy atom. The Hall–Kier alpha value is -2.55. The van der Waals surface area contributed by atoms with E-state index in [1.54, 1.807) is 18.0 Å². The van der Waals surface area contributed by atoms with Crippen LogP contribution in [-0.2, 0) is 9.47 Å². The normalized spacial score (nSPS) is 19.0. The molecule has 0 aliphatic carbocycles. The van der Waals surface area contributed by atoms with Crippen molar-refractivity contribution in [2.75, 3.05) is 20.2 Å². The fraction of sp³-hybridized carbons (Fsp3) is 0.550. The van der Waals surface area contributed by atoms with E-state index < -0.39 is 5.60 Å².